The molecule has 2 saturated heterocycles. The molecule has 4 heterocycles. The number of rotatable bonds is 3. The molecule has 30 heavy (non-hydrogen) atoms. The molecule has 0 spiro atoms. The fourth-order valence-electron chi connectivity index (χ4n) is 5.89. The summed E-state index contributed by atoms with van der Waals surface area (Å²) in [7, 11) is 0. The van der Waals surface area contributed by atoms with E-state index in [4.69, 9.17) is 0 Å². The summed E-state index contributed by atoms with van der Waals surface area (Å²) in [4.78, 5) is 21.2. The number of nitrogens with zero attached hydrogens (tertiary/aromatic N) is 4. The van der Waals surface area contributed by atoms with Crippen LogP contribution in [0.15, 0.2) is 41.8 Å². The van der Waals surface area contributed by atoms with Gasteiger partial charge in [0.1, 0.15) is 5.82 Å². The molecule has 4 fully saturated rings. The Labute approximate surface area is 178 Å². The molecule has 5 nitrogen and oxygen atoms in total. The van der Waals surface area contributed by atoms with Crippen LogP contribution in [0.2, 0.25) is 0 Å². The van der Waals surface area contributed by atoms with Crippen molar-refractivity contribution in [2.45, 2.75) is 38.1 Å². The molecule has 2 aliphatic carbocycles. The second kappa shape index (κ2) is 7.01. The van der Waals surface area contributed by atoms with Crippen LogP contribution in [0, 0.1) is 23.6 Å². The van der Waals surface area contributed by atoms with Crippen molar-refractivity contribution in [1.82, 2.24) is 19.7 Å². The monoisotopic (exact) mass is 422 g/mol. The van der Waals surface area contributed by atoms with Crippen LogP contribution in [0.5, 0.6) is 0 Å². The SMILES string of the molecule is O=C(c1nc(-c2cccs2)n(-c2ccc(F)cc2)n1)N1CC2CC3CC(C2)CC1C3. The van der Waals surface area contributed by atoms with Crippen LogP contribution in [0.25, 0.3) is 16.4 Å². The van der Waals surface area contributed by atoms with Gasteiger partial charge in [0.15, 0.2) is 5.82 Å². The lowest BCUT2D eigenvalue weighted by Gasteiger charge is -2.38. The first-order valence-corrected chi connectivity index (χ1v) is 11.6. The summed E-state index contributed by atoms with van der Waals surface area (Å²) < 4.78 is 15.1. The molecule has 7 rings (SSSR count). The highest BCUT2D eigenvalue weighted by Gasteiger charge is 2.44. The third kappa shape index (κ3) is 3.07. The molecule has 0 radical (unpaired) electrons. The minimum absolute atomic E-state index is 0.0631. The van der Waals surface area contributed by atoms with Crippen molar-refractivity contribution < 1.29 is 9.18 Å². The summed E-state index contributed by atoms with van der Waals surface area (Å²) in [6.07, 6.45) is 6.10. The van der Waals surface area contributed by atoms with E-state index in [1.54, 1.807) is 28.2 Å². The summed E-state index contributed by atoms with van der Waals surface area (Å²) >= 11 is 1.55. The van der Waals surface area contributed by atoms with E-state index in [9.17, 15) is 9.18 Å². The fourth-order valence-corrected chi connectivity index (χ4v) is 6.59. The van der Waals surface area contributed by atoms with Gasteiger partial charge in [0.05, 0.1) is 10.6 Å². The molecule has 2 atom stereocenters. The third-order valence-corrected chi connectivity index (χ3v) is 7.84. The van der Waals surface area contributed by atoms with Gasteiger partial charge in [0.25, 0.3) is 5.91 Å². The second-order valence-corrected chi connectivity index (χ2v) is 9.96. The summed E-state index contributed by atoms with van der Waals surface area (Å²) in [6, 6.07) is 10.4. The van der Waals surface area contributed by atoms with Crippen LogP contribution in [0.4, 0.5) is 4.39 Å². The van der Waals surface area contributed by atoms with E-state index in [-0.39, 0.29) is 17.5 Å². The van der Waals surface area contributed by atoms with E-state index in [0.29, 0.717) is 23.5 Å². The quantitative estimate of drug-likeness (QED) is 0.610. The lowest BCUT2D eigenvalue weighted by molar-refractivity contribution is 0.0620. The van der Waals surface area contributed by atoms with Crippen molar-refractivity contribution in [2.24, 2.45) is 17.8 Å². The van der Waals surface area contributed by atoms with Crippen molar-refractivity contribution in [2.75, 3.05) is 6.54 Å². The molecule has 2 unspecified atom stereocenters. The highest BCUT2D eigenvalue weighted by atomic mass is 32.1. The van der Waals surface area contributed by atoms with Gasteiger partial charge in [-0.2, -0.15) is 0 Å². The number of benzene rings is 1. The van der Waals surface area contributed by atoms with Crippen LogP contribution in [0.3, 0.4) is 0 Å². The number of amides is 1. The van der Waals surface area contributed by atoms with Crippen LogP contribution < -0.4 is 0 Å². The number of halogens is 1. The maximum Gasteiger partial charge on any atom is 0.293 e. The molecule has 4 bridgehead atoms. The lowest BCUT2D eigenvalue weighted by Crippen LogP contribution is -2.42. The Morgan fingerprint density at radius 1 is 1.00 bits per heavy atom. The molecule has 2 aromatic heterocycles. The standard InChI is InChI=1S/C23H23FN4OS/c24-17-3-5-18(6-4-17)28-22(20-2-1-7-30-20)25-21(26-28)23(29)27-13-16-9-14-8-15(10-16)12-19(27)11-14/h1-7,14-16,19H,8-13H2. The molecule has 1 amide bonds. The highest BCUT2D eigenvalue weighted by molar-refractivity contribution is 7.13. The van der Waals surface area contributed by atoms with E-state index >= 15 is 0 Å². The van der Waals surface area contributed by atoms with Crippen LogP contribution in [0.1, 0.15) is 42.7 Å². The Morgan fingerprint density at radius 2 is 1.73 bits per heavy atom. The third-order valence-electron chi connectivity index (χ3n) is 6.98. The van der Waals surface area contributed by atoms with Crippen LogP contribution in [-0.2, 0) is 0 Å². The van der Waals surface area contributed by atoms with Crippen LogP contribution >= 0.6 is 11.3 Å². The number of thiophene rings is 1. The van der Waals surface area contributed by atoms with Crippen molar-refractivity contribution >= 4 is 17.2 Å². The highest BCUT2D eigenvalue weighted by Crippen LogP contribution is 2.47. The molecule has 4 aliphatic rings. The lowest BCUT2D eigenvalue weighted by atomic mass is 9.68. The van der Waals surface area contributed by atoms with E-state index in [1.165, 1.54) is 31.4 Å². The van der Waals surface area contributed by atoms with Crippen molar-refractivity contribution in [3.8, 4) is 16.4 Å². The van der Waals surface area contributed by atoms with Gasteiger partial charge in [-0.05, 0) is 85.6 Å². The summed E-state index contributed by atoms with van der Waals surface area (Å²) in [6.45, 7) is 0.829. The molecule has 0 N–H and O–H groups in total. The zero-order valence-corrected chi connectivity index (χ0v) is 17.4. The van der Waals surface area contributed by atoms with Gasteiger partial charge in [-0.25, -0.2) is 14.1 Å². The van der Waals surface area contributed by atoms with Crippen molar-refractivity contribution in [3.05, 3.63) is 53.4 Å². The predicted molar refractivity (Wildman–Crippen MR) is 113 cm³/mol. The zero-order valence-electron chi connectivity index (χ0n) is 16.6. The molecule has 7 heteroatoms. The summed E-state index contributed by atoms with van der Waals surface area (Å²) in [5, 5.41) is 6.59. The van der Waals surface area contributed by atoms with Crippen molar-refractivity contribution in [1.29, 1.82) is 0 Å². The topological polar surface area (TPSA) is 51.0 Å². The summed E-state index contributed by atoms with van der Waals surface area (Å²) in [5.41, 5.74) is 0.696. The van der Waals surface area contributed by atoms with Gasteiger partial charge < -0.3 is 4.90 Å². The number of carbonyl (C=O) groups excluding carboxylic acids is 1. The maximum atomic E-state index is 13.6. The average molecular weight is 423 g/mol. The van der Waals surface area contributed by atoms with Gasteiger partial charge in [0, 0.05) is 12.6 Å². The molecule has 154 valence electrons. The van der Waals surface area contributed by atoms with Gasteiger partial charge in [-0.1, -0.05) is 6.07 Å². The zero-order chi connectivity index (χ0) is 20.2. The summed E-state index contributed by atoms with van der Waals surface area (Å²) in [5.74, 6) is 2.66. The first kappa shape index (κ1) is 18.2. The number of hydrogen-bond donors (Lipinski definition) is 0. The minimum Gasteiger partial charge on any atom is -0.333 e. The Kier molecular flexibility index (Phi) is 4.26. The number of aromatic nitrogens is 3. The largest absolute Gasteiger partial charge is 0.333 e. The molecular formula is C23H23FN4OS. The van der Waals surface area contributed by atoms with E-state index in [1.807, 2.05) is 17.5 Å². The Hall–Kier alpha value is -2.54. The number of hydrogen-bond acceptors (Lipinski definition) is 4. The number of fused-ring (bicyclic) bond motifs is 1. The second-order valence-electron chi connectivity index (χ2n) is 9.01. The Morgan fingerprint density at radius 3 is 2.43 bits per heavy atom. The van der Waals surface area contributed by atoms with Gasteiger partial charge in [-0.15, -0.1) is 16.4 Å². The molecule has 3 aromatic rings. The normalized spacial score (nSPS) is 27.4. The molecular weight excluding hydrogens is 399 g/mol. The maximum absolute atomic E-state index is 13.6. The molecule has 1 aromatic carbocycles. The first-order chi connectivity index (χ1) is 14.6. The van der Waals surface area contributed by atoms with E-state index in [2.05, 4.69) is 15.0 Å². The Balaban J connectivity index is 1.39. The smallest absolute Gasteiger partial charge is 0.293 e. The number of carbonyl (C=O) groups is 1. The molecule has 2 aliphatic heterocycles. The van der Waals surface area contributed by atoms with Crippen LogP contribution in [-0.4, -0.2) is 38.2 Å². The Bertz CT molecular complexity index is 1060. The van der Waals surface area contributed by atoms with E-state index < -0.39 is 0 Å². The minimum atomic E-state index is -0.303. The van der Waals surface area contributed by atoms with Crippen molar-refractivity contribution in [3.63, 3.8) is 0 Å². The van der Waals surface area contributed by atoms with Gasteiger partial charge in [-0.3, -0.25) is 4.79 Å². The van der Waals surface area contributed by atoms with E-state index in [0.717, 1.165) is 36.1 Å². The van der Waals surface area contributed by atoms with Gasteiger partial charge >= 0.3 is 0 Å². The predicted octanol–water partition coefficient (Wildman–Crippen LogP) is 4.79. The average Bonchev–Trinajstić information content (AvgIpc) is 3.37. The molecule has 2 saturated carbocycles. The van der Waals surface area contributed by atoms with Gasteiger partial charge in [0.2, 0.25) is 5.82 Å². The first-order valence-electron chi connectivity index (χ1n) is 10.7. The fraction of sp³-hybridized carbons (Fsp3) is 0.435.